The van der Waals surface area contributed by atoms with Crippen LogP contribution in [0.2, 0.25) is 0 Å². The number of likely N-dealkylation sites (tertiary alicyclic amines) is 1. The molecule has 7 heteroatoms. The number of nitrogens with zero attached hydrogens (tertiary/aromatic N) is 1. The predicted molar refractivity (Wildman–Crippen MR) is 86.3 cm³/mol. The first-order valence-corrected chi connectivity index (χ1v) is 7.72. The number of piperidine rings is 1. The first-order chi connectivity index (χ1) is 11.4. The van der Waals surface area contributed by atoms with Crippen LogP contribution in [-0.4, -0.2) is 52.7 Å². The topological polar surface area (TPSA) is 104 Å². The van der Waals surface area contributed by atoms with Gasteiger partial charge in [-0.15, -0.1) is 0 Å². The van der Waals surface area contributed by atoms with E-state index in [0.717, 1.165) is 5.56 Å². The van der Waals surface area contributed by atoms with Gasteiger partial charge in [-0.1, -0.05) is 30.3 Å². The Kier molecular flexibility index (Phi) is 8.49. The smallest absolute Gasteiger partial charge is 0.329 e. The van der Waals surface area contributed by atoms with Gasteiger partial charge in [0.15, 0.2) is 0 Å². The Morgan fingerprint density at radius 2 is 1.71 bits per heavy atom. The summed E-state index contributed by atoms with van der Waals surface area (Å²) >= 11 is 0. The monoisotopic (exact) mass is 337 g/mol. The van der Waals surface area contributed by atoms with Gasteiger partial charge in [0.2, 0.25) is 5.91 Å². The van der Waals surface area contributed by atoms with Crippen molar-refractivity contribution in [3.63, 3.8) is 0 Å². The normalized spacial score (nSPS) is 14.5. The fourth-order valence-electron chi connectivity index (χ4n) is 2.27. The molecule has 0 atom stereocenters. The van der Waals surface area contributed by atoms with Crippen LogP contribution in [0.25, 0.3) is 0 Å². The molecule has 0 unspecified atom stereocenters. The minimum Gasteiger partial charge on any atom is -0.481 e. The second kappa shape index (κ2) is 10.4. The van der Waals surface area contributed by atoms with Crippen LogP contribution >= 0.6 is 0 Å². The summed E-state index contributed by atoms with van der Waals surface area (Å²) in [7, 11) is 0. The Balaban J connectivity index is 0.000000240. The molecule has 0 saturated carbocycles. The molecule has 0 radical (unpaired) electrons. The van der Waals surface area contributed by atoms with Gasteiger partial charge in [-0.25, -0.2) is 4.79 Å². The maximum Gasteiger partial charge on any atom is 0.329 e. The molecule has 0 aromatic heterocycles. The summed E-state index contributed by atoms with van der Waals surface area (Å²) in [5, 5.41) is 16.9. The van der Waals surface area contributed by atoms with E-state index in [9.17, 15) is 14.4 Å². The summed E-state index contributed by atoms with van der Waals surface area (Å²) in [4.78, 5) is 33.1. The van der Waals surface area contributed by atoms with Crippen molar-refractivity contribution in [2.24, 2.45) is 5.92 Å². The number of amides is 1. The van der Waals surface area contributed by atoms with Crippen molar-refractivity contribution in [1.82, 2.24) is 4.90 Å². The third-order valence-corrected chi connectivity index (χ3v) is 3.63. The molecule has 1 fully saturated rings. The van der Waals surface area contributed by atoms with Gasteiger partial charge in [-0.05, 0) is 18.4 Å². The Morgan fingerprint density at radius 3 is 2.17 bits per heavy atom. The van der Waals surface area contributed by atoms with Crippen molar-refractivity contribution in [1.29, 1.82) is 0 Å². The Hall–Kier alpha value is -2.41. The SMILES string of the molecule is CC(=O)N1CCC(C(=O)O)CC1.O=C(O)COCc1ccccc1. The number of rotatable bonds is 5. The number of carboxylic acid groups (broad SMARTS) is 2. The lowest BCUT2D eigenvalue weighted by Gasteiger charge is -2.28. The Morgan fingerprint density at radius 1 is 1.12 bits per heavy atom. The van der Waals surface area contributed by atoms with E-state index in [4.69, 9.17) is 14.9 Å². The molecule has 0 bridgehead atoms. The third-order valence-electron chi connectivity index (χ3n) is 3.63. The van der Waals surface area contributed by atoms with E-state index in [0.29, 0.717) is 32.5 Å². The highest BCUT2D eigenvalue weighted by molar-refractivity contribution is 5.74. The molecule has 1 aliphatic rings. The molecule has 24 heavy (non-hydrogen) atoms. The highest BCUT2D eigenvalue weighted by atomic mass is 16.5. The molecule has 1 aliphatic heterocycles. The number of hydrogen-bond acceptors (Lipinski definition) is 4. The standard InChI is InChI=1S/C9H10O3.C8H13NO3/c10-9(11)7-12-6-8-4-2-1-3-5-8;1-6(10)9-4-2-7(3-5-9)8(11)12/h1-5H,6-7H2,(H,10,11);7H,2-5H2,1H3,(H,11,12). The molecular formula is C17H23NO6. The summed E-state index contributed by atoms with van der Waals surface area (Å²) in [5.74, 6) is -1.89. The van der Waals surface area contributed by atoms with Gasteiger partial charge in [-0.2, -0.15) is 0 Å². The second-order valence-electron chi connectivity index (χ2n) is 5.49. The Bertz CT molecular complexity index is 515. The minimum atomic E-state index is -0.939. The zero-order valence-electron chi connectivity index (χ0n) is 13.7. The molecule has 2 N–H and O–H groups in total. The first-order valence-electron chi connectivity index (χ1n) is 7.72. The predicted octanol–water partition coefficient (Wildman–Crippen LogP) is 1.62. The van der Waals surface area contributed by atoms with Gasteiger partial charge >= 0.3 is 11.9 Å². The first kappa shape index (κ1) is 19.6. The molecule has 1 amide bonds. The van der Waals surface area contributed by atoms with E-state index in [1.807, 2.05) is 30.3 Å². The van der Waals surface area contributed by atoms with Crippen LogP contribution in [0.1, 0.15) is 25.3 Å². The average molecular weight is 337 g/mol. The number of carbonyl (C=O) groups is 3. The van der Waals surface area contributed by atoms with Crippen molar-refractivity contribution in [2.45, 2.75) is 26.4 Å². The second-order valence-corrected chi connectivity index (χ2v) is 5.49. The molecule has 1 saturated heterocycles. The number of carbonyl (C=O) groups excluding carboxylic acids is 1. The van der Waals surface area contributed by atoms with Gasteiger partial charge < -0.3 is 19.8 Å². The van der Waals surface area contributed by atoms with E-state index in [1.165, 1.54) is 6.92 Å². The van der Waals surface area contributed by atoms with Crippen LogP contribution in [0.3, 0.4) is 0 Å². The molecule has 0 spiro atoms. The fraction of sp³-hybridized carbons (Fsp3) is 0.471. The van der Waals surface area contributed by atoms with Gasteiger partial charge in [0.05, 0.1) is 12.5 Å². The van der Waals surface area contributed by atoms with E-state index in [-0.39, 0.29) is 18.4 Å². The maximum atomic E-state index is 10.9. The average Bonchev–Trinajstić information content (AvgIpc) is 2.56. The minimum absolute atomic E-state index is 0.0406. The van der Waals surface area contributed by atoms with Crippen molar-refractivity contribution in [2.75, 3.05) is 19.7 Å². The summed E-state index contributed by atoms with van der Waals surface area (Å²) in [5.41, 5.74) is 0.985. The van der Waals surface area contributed by atoms with Crippen LogP contribution in [0.15, 0.2) is 30.3 Å². The summed E-state index contributed by atoms with van der Waals surface area (Å²) in [6.07, 6.45) is 1.18. The third kappa shape index (κ3) is 7.73. The molecule has 1 aromatic rings. The van der Waals surface area contributed by atoms with E-state index in [1.54, 1.807) is 4.90 Å². The number of aliphatic carboxylic acids is 2. The lowest BCUT2D eigenvalue weighted by atomic mass is 9.97. The van der Waals surface area contributed by atoms with Gasteiger partial charge in [-0.3, -0.25) is 9.59 Å². The van der Waals surface area contributed by atoms with Gasteiger partial charge in [0.25, 0.3) is 0 Å². The van der Waals surface area contributed by atoms with Crippen LogP contribution in [0.5, 0.6) is 0 Å². The molecule has 7 nitrogen and oxygen atoms in total. The molecular weight excluding hydrogens is 314 g/mol. The fourth-order valence-corrected chi connectivity index (χ4v) is 2.27. The van der Waals surface area contributed by atoms with Crippen molar-refractivity contribution >= 4 is 17.8 Å². The highest BCUT2D eigenvalue weighted by Crippen LogP contribution is 2.16. The largest absolute Gasteiger partial charge is 0.481 e. The molecule has 1 heterocycles. The van der Waals surface area contributed by atoms with Crippen molar-refractivity contribution in [3.05, 3.63) is 35.9 Å². The number of ether oxygens (including phenoxy) is 1. The van der Waals surface area contributed by atoms with Crippen molar-refractivity contribution < 1.29 is 29.3 Å². The zero-order chi connectivity index (χ0) is 17.9. The highest BCUT2D eigenvalue weighted by Gasteiger charge is 2.25. The van der Waals surface area contributed by atoms with E-state index >= 15 is 0 Å². The van der Waals surface area contributed by atoms with Gasteiger partial charge in [0.1, 0.15) is 6.61 Å². The lowest BCUT2D eigenvalue weighted by Crippen LogP contribution is -2.38. The van der Waals surface area contributed by atoms with E-state index in [2.05, 4.69) is 0 Å². The molecule has 2 rings (SSSR count). The van der Waals surface area contributed by atoms with Crippen LogP contribution in [-0.2, 0) is 25.7 Å². The zero-order valence-corrected chi connectivity index (χ0v) is 13.7. The summed E-state index contributed by atoms with van der Waals surface area (Å²) in [6, 6.07) is 9.46. The summed E-state index contributed by atoms with van der Waals surface area (Å²) < 4.78 is 4.88. The van der Waals surface area contributed by atoms with Crippen molar-refractivity contribution in [3.8, 4) is 0 Å². The number of hydrogen-bond donors (Lipinski definition) is 2. The van der Waals surface area contributed by atoms with Crippen LogP contribution < -0.4 is 0 Å². The van der Waals surface area contributed by atoms with Gasteiger partial charge in [0, 0.05) is 20.0 Å². The van der Waals surface area contributed by atoms with Crippen LogP contribution in [0, 0.1) is 5.92 Å². The molecule has 0 aliphatic carbocycles. The van der Waals surface area contributed by atoms with E-state index < -0.39 is 11.9 Å². The summed E-state index contributed by atoms with van der Waals surface area (Å²) in [6.45, 7) is 2.81. The Labute approximate surface area is 140 Å². The van der Waals surface area contributed by atoms with Crippen LogP contribution in [0.4, 0.5) is 0 Å². The molecule has 1 aromatic carbocycles. The molecule has 132 valence electrons. The lowest BCUT2D eigenvalue weighted by molar-refractivity contribution is -0.145. The number of benzene rings is 1. The maximum absolute atomic E-state index is 10.9. The quantitative estimate of drug-likeness (QED) is 0.846. The number of carboxylic acids is 2.